The summed E-state index contributed by atoms with van der Waals surface area (Å²) in [5.41, 5.74) is -0.0937. The van der Waals surface area contributed by atoms with E-state index in [-0.39, 0.29) is 16.7 Å². The number of carbonyl (C=O) groups is 3. The van der Waals surface area contributed by atoms with Crippen LogP contribution in [0.3, 0.4) is 0 Å². The molecule has 31 heavy (non-hydrogen) atoms. The topological polar surface area (TPSA) is 94.5 Å². The van der Waals surface area contributed by atoms with Gasteiger partial charge in [-0.05, 0) is 37.8 Å². The molecule has 0 N–H and O–H groups in total. The van der Waals surface area contributed by atoms with Gasteiger partial charge in [0.15, 0.2) is 6.04 Å². The summed E-state index contributed by atoms with van der Waals surface area (Å²) in [6.07, 6.45) is 1.76. The maximum Gasteiger partial charge on any atom is 0.516 e. The van der Waals surface area contributed by atoms with Crippen LogP contribution in [0.4, 0.5) is 4.79 Å². The zero-order valence-corrected chi connectivity index (χ0v) is 19.2. The van der Waals surface area contributed by atoms with E-state index in [1.54, 1.807) is 30.3 Å². The number of para-hydroxylation sites is 1. The second-order valence-electron chi connectivity index (χ2n) is 8.72. The van der Waals surface area contributed by atoms with E-state index in [1.807, 2.05) is 20.1 Å². The summed E-state index contributed by atoms with van der Waals surface area (Å²) in [6.45, 7) is 9.37. The van der Waals surface area contributed by atoms with Crippen molar-refractivity contribution in [2.24, 2.45) is 10.4 Å². The molecule has 0 aromatic heterocycles. The van der Waals surface area contributed by atoms with Crippen molar-refractivity contribution in [2.45, 2.75) is 63.2 Å². The summed E-state index contributed by atoms with van der Waals surface area (Å²) in [5.74, 6) is -0.506. The lowest BCUT2D eigenvalue weighted by Gasteiger charge is -2.42. The average Bonchev–Trinajstić information content (AvgIpc) is 2.96. The van der Waals surface area contributed by atoms with E-state index >= 15 is 0 Å². The number of fused-ring (bicyclic) bond motifs is 1. The van der Waals surface area contributed by atoms with Crippen molar-refractivity contribution < 1.29 is 28.6 Å². The molecule has 9 heteroatoms. The van der Waals surface area contributed by atoms with Gasteiger partial charge in [0, 0.05) is 11.0 Å². The lowest BCUT2D eigenvalue weighted by molar-refractivity contribution is -0.168. The van der Waals surface area contributed by atoms with Gasteiger partial charge >= 0.3 is 12.1 Å². The first kappa shape index (κ1) is 23.1. The number of aliphatic imine (C=N–C) groups is 1. The SMILES string of the molecule is CCC(C)(C)/C=N/C1C(=O)N2[C@@H]1SC(C)(C)[C@@H]2C(=O)OCOC(=O)Oc1ccccc1. The van der Waals surface area contributed by atoms with Crippen LogP contribution >= 0.6 is 11.8 Å². The van der Waals surface area contributed by atoms with Crippen LogP contribution in [0.2, 0.25) is 0 Å². The Bertz CT molecular complexity index is 870. The second-order valence-corrected chi connectivity index (χ2v) is 10.5. The van der Waals surface area contributed by atoms with Crippen LogP contribution < -0.4 is 4.74 Å². The maximum absolute atomic E-state index is 12.7. The molecule has 0 aliphatic carbocycles. The zero-order chi connectivity index (χ0) is 22.8. The maximum atomic E-state index is 12.7. The van der Waals surface area contributed by atoms with Gasteiger partial charge in [0.05, 0.1) is 0 Å². The molecule has 3 atom stereocenters. The zero-order valence-electron chi connectivity index (χ0n) is 18.4. The van der Waals surface area contributed by atoms with Crippen molar-refractivity contribution >= 4 is 36.0 Å². The Kier molecular flexibility index (Phi) is 6.64. The van der Waals surface area contributed by atoms with E-state index in [1.165, 1.54) is 16.7 Å². The van der Waals surface area contributed by atoms with E-state index in [4.69, 9.17) is 14.2 Å². The number of rotatable bonds is 7. The highest BCUT2D eigenvalue weighted by atomic mass is 32.2. The van der Waals surface area contributed by atoms with Gasteiger partial charge in [-0.3, -0.25) is 9.79 Å². The monoisotopic (exact) mass is 448 g/mol. The molecule has 3 rings (SSSR count). The van der Waals surface area contributed by atoms with Gasteiger partial charge in [-0.2, -0.15) is 0 Å². The molecule has 0 spiro atoms. The molecule has 1 aromatic rings. The minimum absolute atomic E-state index is 0.0937. The van der Waals surface area contributed by atoms with Gasteiger partial charge in [-0.25, -0.2) is 9.59 Å². The van der Waals surface area contributed by atoms with E-state index in [0.29, 0.717) is 5.75 Å². The van der Waals surface area contributed by atoms with Crippen molar-refractivity contribution in [3.63, 3.8) is 0 Å². The summed E-state index contributed by atoms with van der Waals surface area (Å²) in [7, 11) is 0. The third kappa shape index (κ3) is 5.03. The number of hydrogen-bond acceptors (Lipinski definition) is 8. The lowest BCUT2D eigenvalue weighted by Crippen LogP contribution is -2.65. The number of esters is 1. The number of thioether (sulfide) groups is 1. The van der Waals surface area contributed by atoms with Crippen LogP contribution in [0.15, 0.2) is 35.3 Å². The number of amides is 1. The van der Waals surface area contributed by atoms with Crippen LogP contribution in [0, 0.1) is 5.41 Å². The highest BCUT2D eigenvalue weighted by Crippen LogP contribution is 2.52. The molecule has 1 aromatic carbocycles. The minimum Gasteiger partial charge on any atom is -0.426 e. The normalized spacial score (nSPS) is 24.5. The molecule has 2 heterocycles. The Morgan fingerprint density at radius 3 is 2.55 bits per heavy atom. The first-order valence-corrected chi connectivity index (χ1v) is 11.0. The number of nitrogens with zero attached hydrogens (tertiary/aromatic N) is 2. The molecule has 0 saturated carbocycles. The molecule has 8 nitrogen and oxygen atoms in total. The van der Waals surface area contributed by atoms with E-state index < -0.39 is 35.7 Å². The molecule has 168 valence electrons. The van der Waals surface area contributed by atoms with Crippen molar-refractivity contribution in [1.82, 2.24) is 4.90 Å². The van der Waals surface area contributed by atoms with E-state index in [2.05, 4.69) is 25.8 Å². The first-order chi connectivity index (χ1) is 14.6. The molecule has 2 saturated heterocycles. The van der Waals surface area contributed by atoms with Crippen molar-refractivity contribution in [3.05, 3.63) is 30.3 Å². The van der Waals surface area contributed by atoms with Crippen molar-refractivity contribution in [1.29, 1.82) is 0 Å². The predicted molar refractivity (Wildman–Crippen MR) is 117 cm³/mol. The Balaban J connectivity index is 1.55. The summed E-state index contributed by atoms with van der Waals surface area (Å²) in [5, 5.41) is -0.215. The fraction of sp³-hybridized carbons (Fsp3) is 0.545. The summed E-state index contributed by atoms with van der Waals surface area (Å²) in [6, 6.07) is 7.13. The predicted octanol–water partition coefficient (Wildman–Crippen LogP) is 3.64. The van der Waals surface area contributed by atoms with Gasteiger partial charge in [0.1, 0.15) is 17.2 Å². The molecule has 2 aliphatic heterocycles. The van der Waals surface area contributed by atoms with E-state index in [9.17, 15) is 14.4 Å². The van der Waals surface area contributed by atoms with E-state index in [0.717, 1.165) is 6.42 Å². The van der Waals surface area contributed by atoms with Gasteiger partial charge in [0.25, 0.3) is 5.91 Å². The molecule has 2 fully saturated rings. The Hall–Kier alpha value is -2.55. The van der Waals surface area contributed by atoms with Crippen LogP contribution in [0.5, 0.6) is 5.75 Å². The molecule has 1 unspecified atom stereocenters. The van der Waals surface area contributed by atoms with Crippen LogP contribution in [-0.2, 0) is 19.1 Å². The van der Waals surface area contributed by atoms with Gasteiger partial charge < -0.3 is 19.1 Å². The molecule has 0 bridgehead atoms. The molecule has 0 radical (unpaired) electrons. The van der Waals surface area contributed by atoms with Crippen molar-refractivity contribution in [3.8, 4) is 5.75 Å². The first-order valence-electron chi connectivity index (χ1n) is 10.2. The number of benzene rings is 1. The quantitative estimate of drug-likeness (QED) is 0.207. The number of ether oxygens (including phenoxy) is 3. The summed E-state index contributed by atoms with van der Waals surface area (Å²) < 4.78 is 14.4. The molecule has 1 amide bonds. The fourth-order valence-electron chi connectivity index (χ4n) is 3.31. The standard InChI is InChI=1S/C22H28N2O6S/c1-6-21(2,3)12-23-15-17(25)24-16(22(4,5)31-18(15)24)19(26)28-13-29-20(27)30-14-10-8-7-9-11-14/h7-12,15-16,18H,6,13H2,1-5H3/b23-12+/t15?,16-,18+/m0/s1. The number of hydrogen-bond donors (Lipinski definition) is 0. The second kappa shape index (κ2) is 8.90. The Morgan fingerprint density at radius 1 is 1.23 bits per heavy atom. The Morgan fingerprint density at radius 2 is 1.90 bits per heavy atom. The van der Waals surface area contributed by atoms with Crippen LogP contribution in [0.1, 0.15) is 41.0 Å². The number of β-lactam (4-membered cyclic amide) rings is 1. The third-order valence-corrected chi connectivity index (χ3v) is 7.01. The van der Waals surface area contributed by atoms with Gasteiger partial charge in [-0.1, -0.05) is 39.0 Å². The third-order valence-electron chi connectivity index (χ3n) is 5.45. The highest BCUT2D eigenvalue weighted by Gasteiger charge is 2.64. The minimum atomic E-state index is -0.982. The Labute approximate surface area is 186 Å². The summed E-state index contributed by atoms with van der Waals surface area (Å²) >= 11 is 1.52. The highest BCUT2D eigenvalue weighted by molar-refractivity contribution is 8.01. The largest absolute Gasteiger partial charge is 0.516 e. The molecular weight excluding hydrogens is 420 g/mol. The van der Waals surface area contributed by atoms with Gasteiger partial charge in [-0.15, -0.1) is 11.8 Å². The van der Waals surface area contributed by atoms with Crippen molar-refractivity contribution in [2.75, 3.05) is 6.79 Å². The fourth-order valence-corrected chi connectivity index (χ4v) is 4.93. The van der Waals surface area contributed by atoms with Gasteiger partial charge in [0.2, 0.25) is 6.79 Å². The lowest BCUT2D eigenvalue weighted by atomic mass is 9.91. The van der Waals surface area contributed by atoms with Crippen LogP contribution in [0.25, 0.3) is 0 Å². The smallest absolute Gasteiger partial charge is 0.426 e. The number of carbonyl (C=O) groups excluding carboxylic acids is 3. The summed E-state index contributed by atoms with van der Waals surface area (Å²) in [4.78, 5) is 43.2. The average molecular weight is 449 g/mol. The molecule has 2 aliphatic rings. The van der Waals surface area contributed by atoms with Crippen LogP contribution in [-0.4, -0.2) is 58.1 Å². The molecular formula is C22H28N2O6S.